The van der Waals surface area contributed by atoms with E-state index in [9.17, 15) is 4.79 Å². The summed E-state index contributed by atoms with van der Waals surface area (Å²) in [4.78, 5) is 14.4. The summed E-state index contributed by atoms with van der Waals surface area (Å²) >= 11 is 3.39. The van der Waals surface area contributed by atoms with E-state index in [2.05, 4.69) is 29.8 Å². The molecule has 2 rings (SSSR count). The molecule has 0 radical (unpaired) electrons. The Hall–Kier alpha value is -0.830. The first kappa shape index (κ1) is 13.6. The number of benzene rings is 1. The van der Waals surface area contributed by atoms with Crippen LogP contribution in [0.2, 0.25) is 0 Å². The van der Waals surface area contributed by atoms with Crippen molar-refractivity contribution < 1.29 is 4.79 Å². The number of nitrogens with zero attached hydrogens (tertiary/aromatic N) is 1. The third-order valence-corrected chi connectivity index (χ3v) is 4.25. The minimum absolute atomic E-state index is 0.167. The van der Waals surface area contributed by atoms with Crippen molar-refractivity contribution in [2.75, 3.05) is 13.1 Å². The molecule has 0 aromatic heterocycles. The van der Waals surface area contributed by atoms with E-state index in [0.717, 1.165) is 36.0 Å². The van der Waals surface area contributed by atoms with Gasteiger partial charge in [0.1, 0.15) is 0 Å². The third kappa shape index (κ3) is 3.35. The molecule has 0 spiro atoms. The number of likely N-dealkylation sites (tertiary alicyclic amines) is 1. The molecular weight excluding hydrogens is 290 g/mol. The van der Waals surface area contributed by atoms with E-state index < -0.39 is 0 Å². The summed E-state index contributed by atoms with van der Waals surface area (Å²) in [6.07, 6.45) is 3.40. The van der Waals surface area contributed by atoms with Crippen LogP contribution in [0.4, 0.5) is 0 Å². The Kier molecular flexibility index (Phi) is 4.10. The smallest absolute Gasteiger partial charge is 0.253 e. The zero-order valence-electron chi connectivity index (χ0n) is 11.1. The summed E-state index contributed by atoms with van der Waals surface area (Å²) in [5, 5.41) is 0. The molecule has 0 N–H and O–H groups in total. The summed E-state index contributed by atoms with van der Waals surface area (Å²) in [6, 6.07) is 7.63. The number of rotatable bonds is 1. The van der Waals surface area contributed by atoms with Gasteiger partial charge in [0.25, 0.3) is 5.91 Å². The molecule has 98 valence electrons. The summed E-state index contributed by atoms with van der Waals surface area (Å²) in [5.41, 5.74) is 1.16. The van der Waals surface area contributed by atoms with Gasteiger partial charge in [0, 0.05) is 23.1 Å². The molecule has 0 unspecified atom stereocenters. The van der Waals surface area contributed by atoms with Crippen LogP contribution in [0, 0.1) is 5.41 Å². The molecule has 1 heterocycles. The molecular formula is C15H20BrNO. The Morgan fingerprint density at radius 2 is 1.83 bits per heavy atom. The second-order valence-corrected chi connectivity index (χ2v) is 6.73. The van der Waals surface area contributed by atoms with Crippen LogP contribution in [0.1, 0.15) is 43.5 Å². The first-order chi connectivity index (χ1) is 8.48. The number of halogens is 1. The van der Waals surface area contributed by atoms with Gasteiger partial charge in [-0.1, -0.05) is 29.8 Å². The summed E-state index contributed by atoms with van der Waals surface area (Å²) < 4.78 is 1.01. The third-order valence-electron chi connectivity index (χ3n) is 3.72. The van der Waals surface area contributed by atoms with Gasteiger partial charge in [-0.2, -0.15) is 0 Å². The first-order valence-electron chi connectivity index (χ1n) is 6.53. The molecule has 0 aliphatic carbocycles. The molecule has 1 aromatic rings. The molecule has 0 saturated carbocycles. The second-order valence-electron chi connectivity index (χ2n) is 5.82. The number of carbonyl (C=O) groups excluding carboxylic acids is 1. The molecule has 3 heteroatoms. The first-order valence-corrected chi connectivity index (χ1v) is 7.32. The van der Waals surface area contributed by atoms with Crippen molar-refractivity contribution in [2.24, 2.45) is 5.41 Å². The van der Waals surface area contributed by atoms with Crippen molar-refractivity contribution in [3.05, 3.63) is 34.3 Å². The van der Waals surface area contributed by atoms with Gasteiger partial charge >= 0.3 is 0 Å². The highest BCUT2D eigenvalue weighted by atomic mass is 79.9. The highest BCUT2D eigenvalue weighted by molar-refractivity contribution is 9.10. The fourth-order valence-electron chi connectivity index (χ4n) is 2.40. The summed E-state index contributed by atoms with van der Waals surface area (Å²) in [7, 11) is 0. The van der Waals surface area contributed by atoms with Gasteiger partial charge in [-0.3, -0.25) is 4.79 Å². The van der Waals surface area contributed by atoms with Gasteiger partial charge in [-0.25, -0.2) is 0 Å². The van der Waals surface area contributed by atoms with Crippen molar-refractivity contribution >= 4 is 21.8 Å². The van der Waals surface area contributed by atoms with E-state index in [1.165, 1.54) is 6.42 Å². The van der Waals surface area contributed by atoms with E-state index in [1.54, 1.807) is 0 Å². The van der Waals surface area contributed by atoms with Crippen molar-refractivity contribution in [1.29, 1.82) is 0 Å². The van der Waals surface area contributed by atoms with Crippen LogP contribution in [-0.4, -0.2) is 23.9 Å². The number of hydrogen-bond acceptors (Lipinski definition) is 1. The average Bonchev–Trinajstić information content (AvgIpc) is 2.50. The van der Waals surface area contributed by atoms with Gasteiger partial charge in [-0.05, 0) is 48.9 Å². The highest BCUT2D eigenvalue weighted by Crippen LogP contribution is 2.30. The lowest BCUT2D eigenvalue weighted by atomic mass is 9.85. The van der Waals surface area contributed by atoms with Gasteiger partial charge in [0.15, 0.2) is 0 Å². The van der Waals surface area contributed by atoms with Gasteiger partial charge in [-0.15, -0.1) is 0 Å². The Balaban J connectivity index is 2.07. The maximum atomic E-state index is 12.4. The van der Waals surface area contributed by atoms with Crippen LogP contribution in [0.5, 0.6) is 0 Å². The highest BCUT2D eigenvalue weighted by Gasteiger charge is 2.25. The molecule has 1 aromatic carbocycles. The van der Waals surface area contributed by atoms with Crippen molar-refractivity contribution in [2.45, 2.75) is 33.1 Å². The van der Waals surface area contributed by atoms with Crippen LogP contribution in [-0.2, 0) is 0 Å². The van der Waals surface area contributed by atoms with Crippen molar-refractivity contribution in [1.82, 2.24) is 4.90 Å². The van der Waals surface area contributed by atoms with Crippen molar-refractivity contribution in [3.8, 4) is 0 Å². The normalized spacial score (nSPS) is 19.4. The average molecular weight is 310 g/mol. The standard InChI is InChI=1S/C15H20BrNO/c1-15(2)8-3-10-17(11-9-15)14(18)12-4-6-13(16)7-5-12/h4-7H,3,8-11H2,1-2H3. The number of amides is 1. The molecule has 18 heavy (non-hydrogen) atoms. The Morgan fingerprint density at radius 1 is 1.17 bits per heavy atom. The lowest BCUT2D eigenvalue weighted by Gasteiger charge is -2.23. The molecule has 0 bridgehead atoms. The van der Waals surface area contributed by atoms with Crippen LogP contribution < -0.4 is 0 Å². The van der Waals surface area contributed by atoms with Gasteiger partial charge in [0.2, 0.25) is 0 Å². The zero-order valence-corrected chi connectivity index (χ0v) is 12.7. The Bertz CT molecular complexity index is 425. The van der Waals surface area contributed by atoms with Crippen LogP contribution in [0.15, 0.2) is 28.7 Å². The fourth-order valence-corrected chi connectivity index (χ4v) is 2.67. The van der Waals surface area contributed by atoms with E-state index in [-0.39, 0.29) is 5.91 Å². The minimum atomic E-state index is 0.167. The summed E-state index contributed by atoms with van der Waals surface area (Å²) in [6.45, 7) is 6.35. The van der Waals surface area contributed by atoms with E-state index >= 15 is 0 Å². The van der Waals surface area contributed by atoms with E-state index in [1.807, 2.05) is 29.2 Å². The van der Waals surface area contributed by atoms with Crippen LogP contribution in [0.3, 0.4) is 0 Å². The maximum absolute atomic E-state index is 12.4. The van der Waals surface area contributed by atoms with Crippen LogP contribution in [0.25, 0.3) is 0 Å². The summed E-state index contributed by atoms with van der Waals surface area (Å²) in [5.74, 6) is 0.167. The lowest BCUT2D eigenvalue weighted by molar-refractivity contribution is 0.0757. The van der Waals surface area contributed by atoms with E-state index in [0.29, 0.717) is 5.41 Å². The number of carbonyl (C=O) groups is 1. The maximum Gasteiger partial charge on any atom is 0.253 e. The van der Waals surface area contributed by atoms with Gasteiger partial charge < -0.3 is 4.90 Å². The SMILES string of the molecule is CC1(C)CCCN(C(=O)c2ccc(Br)cc2)CC1. The van der Waals surface area contributed by atoms with E-state index in [4.69, 9.17) is 0 Å². The van der Waals surface area contributed by atoms with Gasteiger partial charge in [0.05, 0.1) is 0 Å². The lowest BCUT2D eigenvalue weighted by Crippen LogP contribution is -2.32. The predicted molar refractivity (Wildman–Crippen MR) is 77.7 cm³/mol. The molecule has 1 fully saturated rings. The zero-order chi connectivity index (χ0) is 13.2. The quantitative estimate of drug-likeness (QED) is 0.764. The predicted octanol–water partition coefficient (Wildman–Crippen LogP) is 4.10. The molecule has 1 aliphatic heterocycles. The second kappa shape index (κ2) is 5.43. The fraction of sp³-hybridized carbons (Fsp3) is 0.533. The minimum Gasteiger partial charge on any atom is -0.339 e. The molecule has 2 nitrogen and oxygen atoms in total. The number of hydrogen-bond donors (Lipinski definition) is 0. The topological polar surface area (TPSA) is 20.3 Å². The Morgan fingerprint density at radius 3 is 2.50 bits per heavy atom. The largest absolute Gasteiger partial charge is 0.339 e. The molecule has 0 atom stereocenters. The molecule has 1 aliphatic rings. The van der Waals surface area contributed by atoms with Crippen molar-refractivity contribution in [3.63, 3.8) is 0 Å². The van der Waals surface area contributed by atoms with Crippen LogP contribution >= 0.6 is 15.9 Å². The monoisotopic (exact) mass is 309 g/mol. The molecule has 1 saturated heterocycles. The molecule has 1 amide bonds. The Labute approximate surface area is 117 Å².